The van der Waals surface area contributed by atoms with Crippen molar-refractivity contribution in [3.05, 3.63) is 35.1 Å². The van der Waals surface area contributed by atoms with Crippen molar-refractivity contribution in [2.24, 2.45) is 5.73 Å². The van der Waals surface area contributed by atoms with E-state index >= 15 is 0 Å². The van der Waals surface area contributed by atoms with E-state index in [9.17, 15) is 17.6 Å². The summed E-state index contributed by atoms with van der Waals surface area (Å²) in [5, 5.41) is 0. The Bertz CT molecular complexity index is 450. The van der Waals surface area contributed by atoms with E-state index in [-0.39, 0.29) is 0 Å². The Balaban J connectivity index is 2.39. The molecule has 0 aliphatic carbocycles. The number of hydrogen-bond donors (Lipinski definition) is 1. The Morgan fingerprint density at radius 2 is 1.89 bits per heavy atom. The van der Waals surface area contributed by atoms with Crippen molar-refractivity contribution in [2.75, 3.05) is 13.2 Å². The van der Waals surface area contributed by atoms with E-state index in [1.807, 2.05) is 0 Å². The number of ether oxygens (including phenoxy) is 1. The summed E-state index contributed by atoms with van der Waals surface area (Å²) in [6.07, 6.45) is -3.08. The molecule has 2 rings (SSSR count). The lowest BCUT2D eigenvalue weighted by Crippen LogP contribution is -2.37. The molecule has 0 amide bonds. The summed E-state index contributed by atoms with van der Waals surface area (Å²) >= 11 is 0. The molecule has 2 nitrogen and oxygen atoms in total. The quantitative estimate of drug-likeness (QED) is 0.800. The molecule has 106 valence electrons. The van der Waals surface area contributed by atoms with Gasteiger partial charge in [0.2, 0.25) is 0 Å². The van der Waals surface area contributed by atoms with E-state index < -0.39 is 23.1 Å². The standard InChI is InChI=1S/C13H15F4NO/c14-11-3-2-9(8-10(11)13(15,16)17)12(18)4-1-6-19-7-5-12/h2-3,8H,1,4-7,18H2. The van der Waals surface area contributed by atoms with E-state index in [2.05, 4.69) is 0 Å². The molecule has 1 unspecified atom stereocenters. The molecule has 0 saturated carbocycles. The highest BCUT2D eigenvalue weighted by Crippen LogP contribution is 2.36. The van der Waals surface area contributed by atoms with Gasteiger partial charge in [0, 0.05) is 18.8 Å². The van der Waals surface area contributed by atoms with Crippen molar-refractivity contribution in [1.29, 1.82) is 0 Å². The Kier molecular flexibility index (Phi) is 3.82. The fourth-order valence-electron chi connectivity index (χ4n) is 2.31. The second-order valence-electron chi connectivity index (χ2n) is 4.81. The highest BCUT2D eigenvalue weighted by molar-refractivity contribution is 5.32. The van der Waals surface area contributed by atoms with Crippen LogP contribution in [0.15, 0.2) is 18.2 Å². The minimum absolute atomic E-state index is 0.312. The molecule has 1 aliphatic rings. The van der Waals surface area contributed by atoms with Crippen LogP contribution in [0, 0.1) is 5.82 Å². The van der Waals surface area contributed by atoms with Crippen LogP contribution in [0.3, 0.4) is 0 Å². The van der Waals surface area contributed by atoms with Crippen LogP contribution in [0.4, 0.5) is 17.6 Å². The highest BCUT2D eigenvalue weighted by Gasteiger charge is 2.37. The molecular weight excluding hydrogens is 262 g/mol. The molecule has 6 heteroatoms. The molecular formula is C13H15F4NO. The second kappa shape index (κ2) is 5.09. The number of alkyl halides is 3. The van der Waals surface area contributed by atoms with Crippen molar-refractivity contribution < 1.29 is 22.3 Å². The zero-order valence-electron chi connectivity index (χ0n) is 10.3. The van der Waals surface area contributed by atoms with Gasteiger partial charge >= 0.3 is 6.18 Å². The van der Waals surface area contributed by atoms with E-state index in [1.54, 1.807) is 0 Å². The molecule has 1 heterocycles. The maximum absolute atomic E-state index is 13.3. The Labute approximate surface area is 108 Å². The molecule has 1 fully saturated rings. The Hall–Kier alpha value is -1.14. The van der Waals surface area contributed by atoms with Crippen LogP contribution in [0.1, 0.15) is 30.4 Å². The monoisotopic (exact) mass is 277 g/mol. The van der Waals surface area contributed by atoms with Crippen LogP contribution >= 0.6 is 0 Å². The average molecular weight is 277 g/mol. The lowest BCUT2D eigenvalue weighted by Gasteiger charge is -2.28. The predicted octanol–water partition coefficient (Wildman–Crippen LogP) is 3.20. The normalized spacial score (nSPS) is 25.1. The third kappa shape index (κ3) is 3.06. The lowest BCUT2D eigenvalue weighted by atomic mass is 9.83. The zero-order chi connectivity index (χ0) is 14.1. The van der Waals surface area contributed by atoms with Gasteiger partial charge in [0.1, 0.15) is 5.82 Å². The summed E-state index contributed by atoms with van der Waals surface area (Å²) in [5.41, 5.74) is 4.34. The van der Waals surface area contributed by atoms with Gasteiger partial charge in [-0.25, -0.2) is 4.39 Å². The molecule has 1 aliphatic heterocycles. The van der Waals surface area contributed by atoms with Gasteiger partial charge in [-0.15, -0.1) is 0 Å². The molecule has 1 aromatic rings. The summed E-state index contributed by atoms with van der Waals surface area (Å²) in [7, 11) is 0. The number of benzene rings is 1. The van der Waals surface area contributed by atoms with Gasteiger partial charge in [0.15, 0.2) is 0 Å². The summed E-state index contributed by atoms with van der Waals surface area (Å²) in [5.74, 6) is -1.27. The van der Waals surface area contributed by atoms with Crippen LogP contribution in [0.2, 0.25) is 0 Å². The fraction of sp³-hybridized carbons (Fsp3) is 0.538. The Morgan fingerprint density at radius 1 is 1.16 bits per heavy atom. The number of nitrogens with two attached hydrogens (primary N) is 1. The average Bonchev–Trinajstić information content (AvgIpc) is 2.54. The largest absolute Gasteiger partial charge is 0.419 e. The molecule has 0 bridgehead atoms. The first-order valence-corrected chi connectivity index (χ1v) is 6.07. The molecule has 0 spiro atoms. The first-order chi connectivity index (χ1) is 8.83. The molecule has 0 aromatic heterocycles. The van der Waals surface area contributed by atoms with Gasteiger partial charge in [-0.3, -0.25) is 0 Å². The van der Waals surface area contributed by atoms with Crippen LogP contribution < -0.4 is 5.73 Å². The predicted molar refractivity (Wildman–Crippen MR) is 61.9 cm³/mol. The van der Waals surface area contributed by atoms with Crippen molar-refractivity contribution >= 4 is 0 Å². The van der Waals surface area contributed by atoms with Gasteiger partial charge < -0.3 is 10.5 Å². The highest BCUT2D eigenvalue weighted by atomic mass is 19.4. The van der Waals surface area contributed by atoms with E-state index in [0.717, 1.165) is 12.1 Å². The van der Waals surface area contributed by atoms with Gasteiger partial charge in [-0.1, -0.05) is 6.07 Å². The lowest BCUT2D eigenvalue weighted by molar-refractivity contribution is -0.140. The van der Waals surface area contributed by atoms with Crippen molar-refractivity contribution in [3.63, 3.8) is 0 Å². The van der Waals surface area contributed by atoms with Gasteiger partial charge in [0.05, 0.1) is 5.56 Å². The summed E-state index contributed by atoms with van der Waals surface area (Å²) in [4.78, 5) is 0. The first kappa shape index (κ1) is 14.3. The molecule has 0 radical (unpaired) electrons. The van der Waals surface area contributed by atoms with E-state index in [4.69, 9.17) is 10.5 Å². The molecule has 2 N–H and O–H groups in total. The Morgan fingerprint density at radius 3 is 2.58 bits per heavy atom. The molecule has 1 saturated heterocycles. The third-order valence-corrected chi connectivity index (χ3v) is 3.45. The number of hydrogen-bond acceptors (Lipinski definition) is 2. The maximum atomic E-state index is 13.3. The smallest absolute Gasteiger partial charge is 0.381 e. The summed E-state index contributed by atoms with van der Waals surface area (Å²) in [6.45, 7) is 0.946. The van der Waals surface area contributed by atoms with Gasteiger partial charge in [-0.2, -0.15) is 13.2 Å². The number of halogens is 4. The van der Waals surface area contributed by atoms with Crippen molar-refractivity contribution in [1.82, 2.24) is 0 Å². The van der Waals surface area contributed by atoms with Crippen molar-refractivity contribution in [2.45, 2.75) is 31.0 Å². The van der Waals surface area contributed by atoms with Crippen LogP contribution in [0.25, 0.3) is 0 Å². The molecule has 1 atom stereocenters. The maximum Gasteiger partial charge on any atom is 0.419 e. The number of rotatable bonds is 1. The first-order valence-electron chi connectivity index (χ1n) is 6.07. The summed E-state index contributed by atoms with van der Waals surface area (Å²) in [6, 6.07) is 2.98. The third-order valence-electron chi connectivity index (χ3n) is 3.45. The zero-order valence-corrected chi connectivity index (χ0v) is 10.3. The van der Waals surface area contributed by atoms with Crippen LogP contribution in [-0.2, 0) is 16.5 Å². The van der Waals surface area contributed by atoms with E-state index in [0.29, 0.717) is 38.0 Å². The van der Waals surface area contributed by atoms with Gasteiger partial charge in [0.25, 0.3) is 0 Å². The van der Waals surface area contributed by atoms with Crippen molar-refractivity contribution in [3.8, 4) is 0 Å². The minimum atomic E-state index is -4.71. The van der Waals surface area contributed by atoms with E-state index in [1.165, 1.54) is 6.07 Å². The van der Waals surface area contributed by atoms with Crippen LogP contribution in [0.5, 0.6) is 0 Å². The minimum Gasteiger partial charge on any atom is -0.381 e. The topological polar surface area (TPSA) is 35.2 Å². The second-order valence-corrected chi connectivity index (χ2v) is 4.81. The summed E-state index contributed by atoms with van der Waals surface area (Å²) < 4.78 is 56.6. The molecule has 19 heavy (non-hydrogen) atoms. The van der Waals surface area contributed by atoms with Gasteiger partial charge in [-0.05, 0) is 37.0 Å². The fourth-order valence-corrected chi connectivity index (χ4v) is 2.31. The van der Waals surface area contributed by atoms with Crippen LogP contribution in [-0.4, -0.2) is 13.2 Å². The molecule has 1 aromatic carbocycles. The SMILES string of the molecule is NC1(c2ccc(F)c(C(F)(F)F)c2)CCCOCC1.